The summed E-state index contributed by atoms with van der Waals surface area (Å²) in [5, 5.41) is 21.1. The number of benzene rings is 1. The SMILES string of the molecule is Cc1ccc([N+](=O)[O-])cc1C(=O)NCC(=O)O. The molecule has 0 spiro atoms. The Morgan fingerprint density at radius 2 is 2.12 bits per heavy atom. The van der Waals surface area contributed by atoms with E-state index in [1.54, 1.807) is 6.92 Å². The monoisotopic (exact) mass is 238 g/mol. The maximum absolute atomic E-state index is 11.5. The van der Waals surface area contributed by atoms with Crippen molar-refractivity contribution in [3.8, 4) is 0 Å². The van der Waals surface area contributed by atoms with Crippen LogP contribution in [0.25, 0.3) is 0 Å². The van der Waals surface area contributed by atoms with Crippen LogP contribution in [-0.4, -0.2) is 28.5 Å². The molecule has 2 N–H and O–H groups in total. The van der Waals surface area contributed by atoms with E-state index in [1.165, 1.54) is 12.1 Å². The fourth-order valence-electron chi connectivity index (χ4n) is 1.22. The number of aliphatic carboxylic acids is 1. The molecule has 0 aliphatic heterocycles. The molecule has 0 aliphatic carbocycles. The van der Waals surface area contributed by atoms with Gasteiger partial charge in [0.2, 0.25) is 0 Å². The number of carboxylic acids is 1. The molecule has 90 valence electrons. The van der Waals surface area contributed by atoms with E-state index >= 15 is 0 Å². The number of hydrogen-bond donors (Lipinski definition) is 2. The third-order valence-electron chi connectivity index (χ3n) is 2.08. The number of aryl methyl sites for hydroxylation is 1. The molecule has 0 radical (unpaired) electrons. The van der Waals surface area contributed by atoms with E-state index in [2.05, 4.69) is 5.32 Å². The van der Waals surface area contributed by atoms with Gasteiger partial charge in [0.25, 0.3) is 11.6 Å². The van der Waals surface area contributed by atoms with Crippen molar-refractivity contribution < 1.29 is 19.6 Å². The molecule has 0 atom stereocenters. The number of rotatable bonds is 4. The number of carboxylic acid groups (broad SMARTS) is 1. The zero-order chi connectivity index (χ0) is 13.0. The van der Waals surface area contributed by atoms with Gasteiger partial charge >= 0.3 is 5.97 Å². The van der Waals surface area contributed by atoms with Crippen LogP contribution in [0.2, 0.25) is 0 Å². The van der Waals surface area contributed by atoms with Gasteiger partial charge < -0.3 is 10.4 Å². The average molecular weight is 238 g/mol. The minimum atomic E-state index is -1.18. The molecular formula is C10H10N2O5. The highest BCUT2D eigenvalue weighted by Gasteiger charge is 2.14. The first kappa shape index (κ1) is 12.6. The summed E-state index contributed by atoms with van der Waals surface area (Å²) in [6.45, 7) is 1.08. The third kappa shape index (κ3) is 3.26. The first-order chi connectivity index (χ1) is 7.91. The molecule has 0 bridgehead atoms. The minimum absolute atomic E-state index is 0.0976. The van der Waals surface area contributed by atoms with Gasteiger partial charge in [0.1, 0.15) is 6.54 Å². The number of nitro benzene ring substituents is 1. The lowest BCUT2D eigenvalue weighted by atomic mass is 10.1. The van der Waals surface area contributed by atoms with Crippen LogP contribution >= 0.6 is 0 Å². The van der Waals surface area contributed by atoms with E-state index in [9.17, 15) is 19.7 Å². The number of nitro groups is 1. The predicted octanol–water partition coefficient (Wildman–Crippen LogP) is 0.718. The van der Waals surface area contributed by atoms with Crippen molar-refractivity contribution in [2.24, 2.45) is 0 Å². The summed E-state index contributed by atoms with van der Waals surface area (Å²) < 4.78 is 0. The molecular weight excluding hydrogens is 228 g/mol. The molecule has 7 nitrogen and oxygen atoms in total. The number of carbonyl (C=O) groups excluding carboxylic acids is 1. The lowest BCUT2D eigenvalue weighted by Gasteiger charge is -2.05. The first-order valence-electron chi connectivity index (χ1n) is 4.67. The molecule has 0 aromatic heterocycles. The van der Waals surface area contributed by atoms with Crippen LogP contribution in [0.1, 0.15) is 15.9 Å². The molecule has 1 rings (SSSR count). The molecule has 1 aromatic carbocycles. The number of nitrogens with one attached hydrogen (secondary N) is 1. The molecule has 17 heavy (non-hydrogen) atoms. The van der Waals surface area contributed by atoms with Gasteiger partial charge in [-0.1, -0.05) is 6.07 Å². The van der Waals surface area contributed by atoms with E-state index in [0.29, 0.717) is 5.56 Å². The smallest absolute Gasteiger partial charge is 0.322 e. The van der Waals surface area contributed by atoms with E-state index in [0.717, 1.165) is 6.07 Å². The van der Waals surface area contributed by atoms with Crippen molar-refractivity contribution in [3.63, 3.8) is 0 Å². The standard InChI is InChI=1S/C10H10N2O5/c1-6-2-3-7(12(16)17)4-8(6)10(15)11-5-9(13)14/h2-4H,5H2,1H3,(H,11,15)(H,13,14). The van der Waals surface area contributed by atoms with Gasteiger partial charge in [0.05, 0.1) is 4.92 Å². The quantitative estimate of drug-likeness (QED) is 0.593. The molecule has 0 saturated carbocycles. The summed E-state index contributed by atoms with van der Waals surface area (Å²) in [7, 11) is 0. The Balaban J connectivity index is 2.95. The van der Waals surface area contributed by atoms with Gasteiger partial charge in [0.15, 0.2) is 0 Å². The molecule has 0 unspecified atom stereocenters. The summed E-state index contributed by atoms with van der Waals surface area (Å²) >= 11 is 0. The summed E-state index contributed by atoms with van der Waals surface area (Å²) in [5.41, 5.74) is 0.426. The fraction of sp³-hybridized carbons (Fsp3) is 0.200. The molecule has 0 aliphatic rings. The number of hydrogen-bond acceptors (Lipinski definition) is 4. The Bertz CT molecular complexity index is 484. The molecule has 7 heteroatoms. The van der Waals surface area contributed by atoms with Crippen LogP contribution < -0.4 is 5.32 Å². The Morgan fingerprint density at radius 3 is 2.65 bits per heavy atom. The number of amides is 1. The van der Waals surface area contributed by atoms with Gasteiger partial charge in [-0.25, -0.2) is 0 Å². The van der Waals surface area contributed by atoms with Gasteiger partial charge in [-0.05, 0) is 12.5 Å². The van der Waals surface area contributed by atoms with Crippen LogP contribution in [0, 0.1) is 17.0 Å². The van der Waals surface area contributed by atoms with Gasteiger partial charge in [-0.2, -0.15) is 0 Å². The van der Waals surface area contributed by atoms with Crippen LogP contribution in [0.3, 0.4) is 0 Å². The van der Waals surface area contributed by atoms with Crippen molar-refractivity contribution in [1.29, 1.82) is 0 Å². The zero-order valence-corrected chi connectivity index (χ0v) is 8.97. The number of nitrogens with zero attached hydrogens (tertiary/aromatic N) is 1. The summed E-state index contributed by atoms with van der Waals surface area (Å²) in [5.74, 6) is -1.82. The molecule has 1 aromatic rings. The van der Waals surface area contributed by atoms with Crippen LogP contribution in [0.4, 0.5) is 5.69 Å². The highest BCUT2D eigenvalue weighted by molar-refractivity contribution is 5.97. The highest BCUT2D eigenvalue weighted by atomic mass is 16.6. The summed E-state index contributed by atoms with van der Waals surface area (Å²) in [6.07, 6.45) is 0. The normalized spacial score (nSPS) is 9.71. The van der Waals surface area contributed by atoms with Gasteiger partial charge in [-0.15, -0.1) is 0 Å². The van der Waals surface area contributed by atoms with Crippen molar-refractivity contribution in [2.45, 2.75) is 6.92 Å². The van der Waals surface area contributed by atoms with E-state index in [1.807, 2.05) is 0 Å². The maximum atomic E-state index is 11.5. The van der Waals surface area contributed by atoms with Crippen molar-refractivity contribution in [1.82, 2.24) is 5.32 Å². The highest BCUT2D eigenvalue weighted by Crippen LogP contribution is 2.17. The second-order valence-electron chi connectivity index (χ2n) is 3.33. The second kappa shape index (κ2) is 5.06. The molecule has 0 heterocycles. The van der Waals surface area contributed by atoms with Crippen LogP contribution in [-0.2, 0) is 4.79 Å². The van der Waals surface area contributed by atoms with E-state index in [-0.39, 0.29) is 11.3 Å². The van der Waals surface area contributed by atoms with Gasteiger partial charge in [-0.3, -0.25) is 19.7 Å². The van der Waals surface area contributed by atoms with Crippen molar-refractivity contribution in [2.75, 3.05) is 6.54 Å². The predicted molar refractivity (Wildman–Crippen MR) is 57.8 cm³/mol. The average Bonchev–Trinajstić information content (AvgIpc) is 2.26. The maximum Gasteiger partial charge on any atom is 0.322 e. The van der Waals surface area contributed by atoms with Crippen LogP contribution in [0.5, 0.6) is 0 Å². The molecule has 0 saturated heterocycles. The largest absolute Gasteiger partial charge is 0.480 e. The number of non-ortho nitro benzene ring substituents is 1. The Morgan fingerprint density at radius 1 is 1.47 bits per heavy atom. The topological polar surface area (TPSA) is 110 Å². The Labute approximate surface area is 96.2 Å². The molecule has 1 amide bonds. The van der Waals surface area contributed by atoms with Gasteiger partial charge in [0, 0.05) is 17.7 Å². The van der Waals surface area contributed by atoms with E-state index < -0.39 is 23.3 Å². The Hall–Kier alpha value is -2.44. The zero-order valence-electron chi connectivity index (χ0n) is 8.97. The lowest BCUT2D eigenvalue weighted by Crippen LogP contribution is -2.29. The van der Waals surface area contributed by atoms with Crippen molar-refractivity contribution in [3.05, 3.63) is 39.4 Å². The lowest BCUT2D eigenvalue weighted by molar-refractivity contribution is -0.384. The fourth-order valence-corrected chi connectivity index (χ4v) is 1.22. The minimum Gasteiger partial charge on any atom is -0.480 e. The summed E-state index contributed by atoms with van der Waals surface area (Å²) in [4.78, 5) is 31.7. The van der Waals surface area contributed by atoms with Crippen LogP contribution in [0.15, 0.2) is 18.2 Å². The second-order valence-corrected chi connectivity index (χ2v) is 3.33. The first-order valence-corrected chi connectivity index (χ1v) is 4.67. The van der Waals surface area contributed by atoms with E-state index in [4.69, 9.17) is 5.11 Å². The third-order valence-corrected chi connectivity index (χ3v) is 2.08. The molecule has 0 fully saturated rings. The summed E-state index contributed by atoms with van der Waals surface area (Å²) in [6, 6.07) is 3.84. The number of carbonyl (C=O) groups is 2. The van der Waals surface area contributed by atoms with Crippen molar-refractivity contribution >= 4 is 17.6 Å². The Kier molecular flexibility index (Phi) is 3.76.